The van der Waals surface area contributed by atoms with E-state index in [0.29, 0.717) is 73.0 Å². The first-order valence-electron chi connectivity index (χ1n) is 17.8. The third kappa shape index (κ3) is 8.04. The lowest BCUT2D eigenvalue weighted by molar-refractivity contribution is -0.143. The van der Waals surface area contributed by atoms with Crippen molar-refractivity contribution in [3.63, 3.8) is 0 Å². The molecule has 14 heteroatoms. The molecule has 0 radical (unpaired) electrons. The second-order valence-corrected chi connectivity index (χ2v) is 13.6. The number of aliphatic carboxylic acids is 2. The van der Waals surface area contributed by atoms with Crippen LogP contribution in [0.1, 0.15) is 68.9 Å². The summed E-state index contributed by atoms with van der Waals surface area (Å²) in [6, 6.07) is 13.2. The van der Waals surface area contributed by atoms with Crippen molar-refractivity contribution in [3.05, 3.63) is 94.6 Å². The molecule has 2 aromatic heterocycles. The molecule has 2 aromatic carbocycles. The van der Waals surface area contributed by atoms with Crippen LogP contribution >= 0.6 is 0 Å². The van der Waals surface area contributed by atoms with Crippen LogP contribution in [0.5, 0.6) is 11.5 Å². The number of hydrogen-bond acceptors (Lipinski definition) is 10. The van der Waals surface area contributed by atoms with Crippen molar-refractivity contribution in [1.29, 1.82) is 0 Å². The number of carbonyl (C=O) groups is 4. The average Bonchev–Trinajstić information content (AvgIpc) is 3.84. The number of pyridine rings is 2. The Bertz CT molecular complexity index is 1940. The molecule has 4 heterocycles. The maximum atomic E-state index is 13.4. The van der Waals surface area contributed by atoms with Crippen LogP contribution in [-0.4, -0.2) is 93.1 Å². The molecule has 2 atom stereocenters. The summed E-state index contributed by atoms with van der Waals surface area (Å²) in [5.74, 6) is -1.67. The first kappa shape index (κ1) is 37.9. The highest BCUT2D eigenvalue weighted by Gasteiger charge is 2.32. The van der Waals surface area contributed by atoms with Gasteiger partial charge in [0.15, 0.2) is 0 Å². The van der Waals surface area contributed by atoms with Gasteiger partial charge < -0.3 is 30.3 Å². The van der Waals surface area contributed by atoms with E-state index in [2.05, 4.69) is 20.6 Å². The fourth-order valence-electron chi connectivity index (χ4n) is 7.32. The minimum absolute atomic E-state index is 0.149. The monoisotopic (exact) mass is 736 g/mol. The fraction of sp³-hybridized carbons (Fsp3) is 0.350. The first-order chi connectivity index (χ1) is 26.0. The number of methoxy groups -OCH3 is 2. The molecule has 54 heavy (non-hydrogen) atoms. The number of anilines is 2. The molecule has 0 unspecified atom stereocenters. The van der Waals surface area contributed by atoms with Gasteiger partial charge in [-0.1, -0.05) is 24.3 Å². The van der Waals surface area contributed by atoms with Gasteiger partial charge in [0, 0.05) is 60.1 Å². The highest BCUT2D eigenvalue weighted by Crippen LogP contribution is 2.35. The van der Waals surface area contributed by atoms with Crippen LogP contribution in [0.25, 0.3) is 11.1 Å². The molecule has 0 bridgehead atoms. The highest BCUT2D eigenvalue weighted by atomic mass is 16.5. The van der Waals surface area contributed by atoms with Gasteiger partial charge in [0.1, 0.15) is 35.0 Å². The number of ether oxygens (including phenoxy) is 2. The van der Waals surface area contributed by atoms with Gasteiger partial charge in [-0.25, -0.2) is 0 Å². The molecule has 4 aromatic rings. The zero-order chi connectivity index (χ0) is 38.5. The van der Waals surface area contributed by atoms with Crippen LogP contribution in [0.15, 0.2) is 60.9 Å². The van der Waals surface area contributed by atoms with Crippen molar-refractivity contribution in [2.45, 2.75) is 64.7 Å². The van der Waals surface area contributed by atoms with Crippen LogP contribution < -0.4 is 20.1 Å². The van der Waals surface area contributed by atoms with E-state index in [4.69, 9.17) is 9.47 Å². The Morgan fingerprint density at radius 3 is 1.48 bits per heavy atom. The van der Waals surface area contributed by atoms with Crippen molar-refractivity contribution in [3.8, 4) is 22.6 Å². The van der Waals surface area contributed by atoms with Crippen molar-refractivity contribution in [1.82, 2.24) is 19.8 Å². The second kappa shape index (κ2) is 16.4. The second-order valence-electron chi connectivity index (χ2n) is 13.6. The zero-order valence-corrected chi connectivity index (χ0v) is 30.7. The number of hydrogen-bond donors (Lipinski definition) is 4. The zero-order valence-electron chi connectivity index (χ0n) is 30.7. The number of nitrogens with zero attached hydrogens (tertiary/aromatic N) is 4. The van der Waals surface area contributed by atoms with Gasteiger partial charge in [0.2, 0.25) is 0 Å². The van der Waals surface area contributed by atoms with Gasteiger partial charge in [-0.15, -0.1) is 0 Å². The summed E-state index contributed by atoms with van der Waals surface area (Å²) < 4.78 is 11.1. The molecule has 6 rings (SSSR count). The predicted molar refractivity (Wildman–Crippen MR) is 201 cm³/mol. The number of amides is 2. The highest BCUT2D eigenvalue weighted by molar-refractivity contribution is 6.05. The van der Waals surface area contributed by atoms with Gasteiger partial charge in [-0.05, 0) is 87.0 Å². The number of nitrogens with one attached hydrogen (secondary N) is 2. The van der Waals surface area contributed by atoms with Crippen LogP contribution in [0, 0.1) is 13.8 Å². The summed E-state index contributed by atoms with van der Waals surface area (Å²) in [6.45, 7) is 5.82. The molecule has 2 fully saturated rings. The van der Waals surface area contributed by atoms with E-state index >= 15 is 0 Å². The fourth-order valence-corrected chi connectivity index (χ4v) is 7.32. The quantitative estimate of drug-likeness (QED) is 0.138. The summed E-state index contributed by atoms with van der Waals surface area (Å²) >= 11 is 0. The number of aromatic nitrogens is 2. The smallest absolute Gasteiger partial charge is 0.320 e. The average molecular weight is 737 g/mol. The number of benzene rings is 2. The normalized spacial score (nSPS) is 17.3. The summed E-state index contributed by atoms with van der Waals surface area (Å²) in [4.78, 5) is 62.7. The SMILES string of the molecule is COc1cc(C(=O)Nc2cccc(-c3cccc(NC(=O)c4cc(OC)c(CN5CCC[C@H]5C(=O)O)cn4)c3C)c2C)ncc1CN1CCC[C@H]1C(=O)O. The van der Waals surface area contributed by atoms with E-state index in [1.807, 2.05) is 47.9 Å². The van der Waals surface area contributed by atoms with Gasteiger partial charge in [0.05, 0.1) is 14.2 Å². The van der Waals surface area contributed by atoms with Gasteiger partial charge in [-0.3, -0.25) is 38.9 Å². The Morgan fingerprint density at radius 1 is 0.704 bits per heavy atom. The topological polar surface area (TPSA) is 184 Å². The molecular formula is C40H44N6O8. The van der Waals surface area contributed by atoms with E-state index < -0.39 is 35.8 Å². The molecule has 2 amide bonds. The maximum absolute atomic E-state index is 13.4. The van der Waals surface area contributed by atoms with Crippen LogP contribution in [-0.2, 0) is 22.7 Å². The maximum Gasteiger partial charge on any atom is 0.320 e. The van der Waals surface area contributed by atoms with Gasteiger partial charge >= 0.3 is 11.9 Å². The van der Waals surface area contributed by atoms with Crippen LogP contribution in [0.2, 0.25) is 0 Å². The number of carboxylic acids is 2. The van der Waals surface area contributed by atoms with Crippen molar-refractivity contribution in [2.24, 2.45) is 0 Å². The lowest BCUT2D eigenvalue weighted by atomic mass is 9.94. The molecule has 282 valence electrons. The van der Waals surface area contributed by atoms with E-state index in [9.17, 15) is 29.4 Å². The first-order valence-corrected chi connectivity index (χ1v) is 17.8. The number of likely N-dealkylation sites (tertiary alicyclic amines) is 2. The molecule has 0 spiro atoms. The van der Waals surface area contributed by atoms with E-state index in [-0.39, 0.29) is 11.4 Å². The Hall–Kier alpha value is -5.86. The van der Waals surface area contributed by atoms with Gasteiger partial charge in [-0.2, -0.15) is 0 Å². The predicted octanol–water partition coefficient (Wildman–Crippen LogP) is 5.38. The third-order valence-electron chi connectivity index (χ3n) is 10.3. The molecule has 2 saturated heterocycles. The summed E-state index contributed by atoms with van der Waals surface area (Å²) in [5.41, 5.74) is 6.17. The van der Waals surface area contributed by atoms with E-state index in [1.54, 1.807) is 36.7 Å². The lowest BCUT2D eigenvalue weighted by Crippen LogP contribution is -2.35. The number of carbonyl (C=O) groups excluding carboxylic acids is 2. The molecule has 14 nitrogen and oxygen atoms in total. The molecule has 2 aliphatic rings. The van der Waals surface area contributed by atoms with E-state index in [0.717, 1.165) is 35.1 Å². The molecule has 0 saturated carbocycles. The summed E-state index contributed by atoms with van der Waals surface area (Å²) in [5, 5.41) is 25.1. The van der Waals surface area contributed by atoms with Crippen molar-refractivity contribution >= 4 is 35.1 Å². The molecule has 0 aliphatic carbocycles. The minimum Gasteiger partial charge on any atom is -0.496 e. The van der Waals surface area contributed by atoms with Crippen LogP contribution in [0.3, 0.4) is 0 Å². The Balaban J connectivity index is 1.16. The summed E-state index contributed by atoms with van der Waals surface area (Å²) in [7, 11) is 3.01. The van der Waals surface area contributed by atoms with Crippen molar-refractivity contribution in [2.75, 3.05) is 37.9 Å². The van der Waals surface area contributed by atoms with Crippen LogP contribution in [0.4, 0.5) is 11.4 Å². The summed E-state index contributed by atoms with van der Waals surface area (Å²) in [6.07, 6.45) is 5.88. The standard InChI is InChI=1S/C40H44N6O8/c1-23-27(9-5-11-29(23)43-37(47)31-17-35(53-3)25(19-41-31)21-45-15-7-13-33(45)39(49)50)28-10-6-12-30(24(28)2)44-38(48)32-18-36(54-4)26(20-42-32)22-46-16-8-14-34(46)40(51)52/h5-6,9-12,17-20,33-34H,7-8,13-16,21-22H2,1-4H3,(H,43,47)(H,44,48)(H,49,50)(H,51,52)/t33-,34-/m0/s1. The Morgan fingerprint density at radius 2 is 1.11 bits per heavy atom. The van der Waals surface area contributed by atoms with Gasteiger partial charge in [0.25, 0.3) is 11.8 Å². The number of carboxylic acid groups (broad SMARTS) is 2. The molecule has 4 N–H and O–H groups in total. The molecule has 2 aliphatic heterocycles. The largest absolute Gasteiger partial charge is 0.496 e. The number of rotatable bonds is 13. The third-order valence-corrected chi connectivity index (χ3v) is 10.3. The minimum atomic E-state index is -0.854. The Kier molecular flexibility index (Phi) is 11.5. The molecular weight excluding hydrogens is 692 g/mol. The van der Waals surface area contributed by atoms with E-state index in [1.165, 1.54) is 14.2 Å². The lowest BCUT2D eigenvalue weighted by Gasteiger charge is -2.22. The van der Waals surface area contributed by atoms with Crippen molar-refractivity contribution < 1.29 is 38.9 Å². The Labute approximate surface area is 313 Å².